The summed E-state index contributed by atoms with van der Waals surface area (Å²) in [5.41, 5.74) is 1.36. The van der Waals surface area contributed by atoms with Gasteiger partial charge >= 0.3 is 6.36 Å². The van der Waals surface area contributed by atoms with Crippen molar-refractivity contribution in [3.63, 3.8) is 0 Å². The van der Waals surface area contributed by atoms with Crippen LogP contribution in [0, 0.1) is 6.92 Å². The maximum Gasteiger partial charge on any atom is 0.573 e. The Morgan fingerprint density at radius 1 is 1.31 bits per heavy atom. The fourth-order valence-electron chi connectivity index (χ4n) is 1.48. The van der Waals surface area contributed by atoms with E-state index in [9.17, 15) is 13.2 Å². The lowest BCUT2D eigenvalue weighted by atomic mass is 9.96. The van der Waals surface area contributed by atoms with Crippen LogP contribution in [-0.2, 0) is 0 Å². The first kappa shape index (κ1) is 12.9. The van der Waals surface area contributed by atoms with E-state index in [0.29, 0.717) is 5.56 Å². The fraction of sp³-hybridized carbons (Fsp3) is 0.500. The zero-order chi connectivity index (χ0) is 12.3. The molecule has 1 nitrogen and oxygen atoms in total. The molecule has 0 radical (unpaired) electrons. The van der Waals surface area contributed by atoms with Gasteiger partial charge in [-0.25, -0.2) is 0 Å². The van der Waals surface area contributed by atoms with Crippen molar-refractivity contribution < 1.29 is 17.9 Å². The fourth-order valence-corrected chi connectivity index (χ4v) is 1.48. The molecule has 0 spiro atoms. The molecule has 0 saturated heterocycles. The average Bonchev–Trinajstić information content (AvgIpc) is 2.14. The van der Waals surface area contributed by atoms with Crippen molar-refractivity contribution in [3.05, 3.63) is 29.3 Å². The van der Waals surface area contributed by atoms with Crippen LogP contribution in [0.4, 0.5) is 13.2 Å². The van der Waals surface area contributed by atoms with Crippen LogP contribution in [-0.4, -0.2) is 6.36 Å². The molecule has 0 bridgehead atoms. The molecule has 1 atom stereocenters. The molecular formula is C12H15F3O. The van der Waals surface area contributed by atoms with E-state index in [-0.39, 0.29) is 11.7 Å². The van der Waals surface area contributed by atoms with E-state index in [4.69, 9.17) is 0 Å². The molecule has 0 fully saturated rings. The summed E-state index contributed by atoms with van der Waals surface area (Å²) in [4.78, 5) is 0. The van der Waals surface area contributed by atoms with Gasteiger partial charge in [-0.15, -0.1) is 13.2 Å². The standard InChI is InChI=1S/C12H15F3O/c1-4-9(3)10-6-5-8(2)7-11(10)16-12(13,14)15/h5-7,9H,4H2,1-3H3. The minimum atomic E-state index is -4.63. The Morgan fingerprint density at radius 3 is 2.44 bits per heavy atom. The van der Waals surface area contributed by atoms with Crippen LogP contribution in [0.15, 0.2) is 18.2 Å². The smallest absolute Gasteiger partial charge is 0.405 e. The van der Waals surface area contributed by atoms with Crippen molar-refractivity contribution >= 4 is 0 Å². The Hall–Kier alpha value is -1.19. The normalized spacial score (nSPS) is 13.6. The van der Waals surface area contributed by atoms with Gasteiger partial charge in [-0.1, -0.05) is 26.0 Å². The minimum absolute atomic E-state index is 0.0537. The molecule has 4 heteroatoms. The average molecular weight is 232 g/mol. The maximum atomic E-state index is 12.2. The van der Waals surface area contributed by atoms with Crippen molar-refractivity contribution in [2.45, 2.75) is 39.5 Å². The van der Waals surface area contributed by atoms with Crippen molar-refractivity contribution in [1.82, 2.24) is 0 Å². The zero-order valence-electron chi connectivity index (χ0n) is 9.56. The lowest BCUT2D eigenvalue weighted by Gasteiger charge is -2.17. The third kappa shape index (κ3) is 3.43. The SMILES string of the molecule is CCC(C)c1ccc(C)cc1OC(F)(F)F. The maximum absolute atomic E-state index is 12.2. The van der Waals surface area contributed by atoms with E-state index in [0.717, 1.165) is 12.0 Å². The zero-order valence-corrected chi connectivity index (χ0v) is 9.56. The van der Waals surface area contributed by atoms with E-state index in [1.54, 1.807) is 19.1 Å². The first-order valence-electron chi connectivity index (χ1n) is 5.19. The molecule has 0 saturated carbocycles. The van der Waals surface area contributed by atoms with Crippen LogP contribution >= 0.6 is 0 Å². The Labute approximate surface area is 93.2 Å². The first-order valence-corrected chi connectivity index (χ1v) is 5.19. The van der Waals surface area contributed by atoms with Gasteiger partial charge in [-0.2, -0.15) is 0 Å². The number of alkyl halides is 3. The molecule has 0 amide bonds. The number of benzene rings is 1. The molecule has 16 heavy (non-hydrogen) atoms. The van der Waals surface area contributed by atoms with Gasteiger partial charge in [0.2, 0.25) is 0 Å². The second-order valence-electron chi connectivity index (χ2n) is 3.90. The van der Waals surface area contributed by atoms with Crippen LogP contribution in [0.5, 0.6) is 5.75 Å². The predicted octanol–water partition coefficient (Wildman–Crippen LogP) is 4.41. The van der Waals surface area contributed by atoms with Crippen LogP contribution < -0.4 is 4.74 Å². The lowest BCUT2D eigenvalue weighted by molar-refractivity contribution is -0.275. The Bertz CT molecular complexity index is 358. The van der Waals surface area contributed by atoms with E-state index >= 15 is 0 Å². The molecule has 0 aliphatic rings. The van der Waals surface area contributed by atoms with E-state index in [2.05, 4.69) is 4.74 Å². The highest BCUT2D eigenvalue weighted by Gasteiger charge is 2.32. The van der Waals surface area contributed by atoms with Gasteiger partial charge in [0.15, 0.2) is 0 Å². The molecule has 1 rings (SSSR count). The highest BCUT2D eigenvalue weighted by atomic mass is 19.4. The molecule has 0 aromatic heterocycles. The highest BCUT2D eigenvalue weighted by Crippen LogP contribution is 2.33. The van der Waals surface area contributed by atoms with Crippen molar-refractivity contribution in [2.24, 2.45) is 0 Å². The Kier molecular flexibility index (Phi) is 3.83. The molecule has 1 aromatic rings. The molecule has 90 valence electrons. The topological polar surface area (TPSA) is 9.23 Å². The molecule has 0 heterocycles. The largest absolute Gasteiger partial charge is 0.573 e. The number of ether oxygens (including phenoxy) is 1. The number of halogens is 3. The van der Waals surface area contributed by atoms with Crippen molar-refractivity contribution in [3.8, 4) is 5.75 Å². The summed E-state index contributed by atoms with van der Waals surface area (Å²) < 4.78 is 40.6. The molecule has 1 unspecified atom stereocenters. The summed E-state index contributed by atoms with van der Waals surface area (Å²) >= 11 is 0. The summed E-state index contributed by atoms with van der Waals surface area (Å²) in [6.45, 7) is 5.55. The number of hydrogen-bond acceptors (Lipinski definition) is 1. The van der Waals surface area contributed by atoms with Crippen LogP contribution in [0.25, 0.3) is 0 Å². The summed E-state index contributed by atoms with van der Waals surface area (Å²) in [6.07, 6.45) is -3.85. The summed E-state index contributed by atoms with van der Waals surface area (Å²) in [5.74, 6) is -0.0280. The Balaban J connectivity index is 3.08. The predicted molar refractivity (Wildman–Crippen MR) is 56.6 cm³/mol. The van der Waals surface area contributed by atoms with Gasteiger partial charge in [0.25, 0.3) is 0 Å². The van der Waals surface area contributed by atoms with Gasteiger partial charge in [0.05, 0.1) is 0 Å². The van der Waals surface area contributed by atoms with E-state index < -0.39 is 6.36 Å². The third-order valence-electron chi connectivity index (χ3n) is 2.54. The lowest BCUT2D eigenvalue weighted by Crippen LogP contribution is -2.18. The van der Waals surface area contributed by atoms with Crippen LogP contribution in [0.1, 0.15) is 37.3 Å². The summed E-state index contributed by atoms with van der Waals surface area (Å²) in [6, 6.07) is 4.92. The Morgan fingerprint density at radius 2 is 1.94 bits per heavy atom. The summed E-state index contributed by atoms with van der Waals surface area (Å²) in [5, 5.41) is 0. The number of hydrogen-bond donors (Lipinski definition) is 0. The third-order valence-corrected chi connectivity index (χ3v) is 2.54. The molecular weight excluding hydrogens is 217 g/mol. The minimum Gasteiger partial charge on any atom is -0.405 e. The van der Waals surface area contributed by atoms with E-state index in [1.807, 2.05) is 13.8 Å². The molecule has 1 aromatic carbocycles. The van der Waals surface area contributed by atoms with Crippen LogP contribution in [0.3, 0.4) is 0 Å². The van der Waals surface area contributed by atoms with Crippen molar-refractivity contribution in [1.29, 1.82) is 0 Å². The van der Waals surface area contributed by atoms with Gasteiger partial charge < -0.3 is 4.74 Å². The monoisotopic (exact) mass is 232 g/mol. The highest BCUT2D eigenvalue weighted by molar-refractivity contribution is 5.39. The van der Waals surface area contributed by atoms with Gasteiger partial charge in [0, 0.05) is 0 Å². The van der Waals surface area contributed by atoms with Gasteiger partial charge in [-0.05, 0) is 36.5 Å². The molecule has 0 aliphatic carbocycles. The molecule has 0 N–H and O–H groups in total. The number of aryl methyl sites for hydroxylation is 1. The van der Waals surface area contributed by atoms with E-state index in [1.165, 1.54) is 6.07 Å². The van der Waals surface area contributed by atoms with Gasteiger partial charge in [0.1, 0.15) is 5.75 Å². The van der Waals surface area contributed by atoms with Crippen LogP contribution in [0.2, 0.25) is 0 Å². The molecule has 0 aliphatic heterocycles. The van der Waals surface area contributed by atoms with Crippen molar-refractivity contribution in [2.75, 3.05) is 0 Å². The first-order chi connectivity index (χ1) is 7.33. The summed E-state index contributed by atoms with van der Waals surface area (Å²) in [7, 11) is 0. The quantitative estimate of drug-likeness (QED) is 0.750. The second-order valence-corrected chi connectivity index (χ2v) is 3.90. The second kappa shape index (κ2) is 4.76. The number of rotatable bonds is 3. The van der Waals surface area contributed by atoms with Gasteiger partial charge in [-0.3, -0.25) is 0 Å².